The second-order valence-corrected chi connectivity index (χ2v) is 5.96. The van der Waals surface area contributed by atoms with Gasteiger partial charge in [-0.2, -0.15) is 10.2 Å². The van der Waals surface area contributed by atoms with Crippen LogP contribution in [0.15, 0.2) is 30.7 Å². The van der Waals surface area contributed by atoms with Gasteiger partial charge in [-0.1, -0.05) is 0 Å². The number of carboxylic acid groups (broad SMARTS) is 1. The lowest BCUT2D eigenvalue weighted by molar-refractivity contribution is -0.193. The number of anilines is 1. The molecule has 1 amide bonds. The Morgan fingerprint density at radius 1 is 1.37 bits per heavy atom. The molecular formula is C16H17N5O6. The SMILES string of the molecule is CC(=O)OC(C(=O)O)C1(C)OCCN(c2ccn(-c3ccnnc3)n2)C1=O. The topological polar surface area (TPSA) is 137 Å². The van der Waals surface area contributed by atoms with Gasteiger partial charge in [0, 0.05) is 19.2 Å². The monoisotopic (exact) mass is 375 g/mol. The molecule has 0 saturated carbocycles. The summed E-state index contributed by atoms with van der Waals surface area (Å²) in [5.74, 6) is -2.67. The largest absolute Gasteiger partial charge is 0.478 e. The fourth-order valence-electron chi connectivity index (χ4n) is 2.77. The highest BCUT2D eigenvalue weighted by Gasteiger charge is 2.53. The lowest BCUT2D eigenvalue weighted by Crippen LogP contribution is -2.63. The van der Waals surface area contributed by atoms with Crippen molar-refractivity contribution in [1.82, 2.24) is 20.0 Å². The molecule has 2 aromatic heterocycles. The summed E-state index contributed by atoms with van der Waals surface area (Å²) >= 11 is 0. The Kier molecular flexibility index (Phi) is 4.86. The van der Waals surface area contributed by atoms with E-state index < -0.39 is 29.6 Å². The third-order valence-electron chi connectivity index (χ3n) is 4.08. The molecule has 1 aliphatic rings. The number of aromatic nitrogens is 4. The van der Waals surface area contributed by atoms with Crippen LogP contribution in [-0.2, 0) is 23.9 Å². The smallest absolute Gasteiger partial charge is 0.348 e. The number of morpholine rings is 1. The van der Waals surface area contributed by atoms with Crippen molar-refractivity contribution < 1.29 is 29.0 Å². The molecule has 3 rings (SSSR count). The summed E-state index contributed by atoms with van der Waals surface area (Å²) in [6.45, 7) is 2.57. The first-order valence-electron chi connectivity index (χ1n) is 8.01. The van der Waals surface area contributed by atoms with Crippen LogP contribution in [0.4, 0.5) is 5.82 Å². The van der Waals surface area contributed by atoms with Crippen LogP contribution in [0, 0.1) is 0 Å². The number of carboxylic acids is 1. The number of carbonyl (C=O) groups is 3. The zero-order chi connectivity index (χ0) is 19.6. The van der Waals surface area contributed by atoms with Gasteiger partial charge in [0.05, 0.1) is 31.2 Å². The Bertz CT molecular complexity index is 869. The van der Waals surface area contributed by atoms with Crippen molar-refractivity contribution >= 4 is 23.7 Å². The molecule has 1 fully saturated rings. The number of aliphatic carboxylic acids is 1. The molecule has 1 N–H and O–H groups in total. The molecular weight excluding hydrogens is 358 g/mol. The van der Waals surface area contributed by atoms with Crippen molar-refractivity contribution in [3.05, 3.63) is 30.7 Å². The number of hydrogen-bond acceptors (Lipinski definition) is 8. The third kappa shape index (κ3) is 3.49. The number of rotatable bonds is 5. The molecule has 1 aliphatic heterocycles. The number of amides is 1. The van der Waals surface area contributed by atoms with Crippen molar-refractivity contribution in [2.75, 3.05) is 18.1 Å². The van der Waals surface area contributed by atoms with Gasteiger partial charge in [0.25, 0.3) is 5.91 Å². The van der Waals surface area contributed by atoms with Gasteiger partial charge in [0.2, 0.25) is 6.10 Å². The van der Waals surface area contributed by atoms with E-state index in [4.69, 9.17) is 9.47 Å². The lowest BCUT2D eigenvalue weighted by atomic mass is 9.95. The van der Waals surface area contributed by atoms with Crippen molar-refractivity contribution in [3.63, 3.8) is 0 Å². The summed E-state index contributed by atoms with van der Waals surface area (Å²) in [7, 11) is 0. The van der Waals surface area contributed by atoms with Crippen LogP contribution in [0.1, 0.15) is 13.8 Å². The molecule has 11 nitrogen and oxygen atoms in total. The van der Waals surface area contributed by atoms with E-state index in [0.717, 1.165) is 6.92 Å². The minimum atomic E-state index is -1.88. The zero-order valence-corrected chi connectivity index (χ0v) is 14.6. The molecule has 0 aromatic carbocycles. The van der Waals surface area contributed by atoms with Gasteiger partial charge in [-0.25, -0.2) is 9.48 Å². The minimum absolute atomic E-state index is 0.0525. The van der Waals surface area contributed by atoms with Crippen molar-refractivity contribution in [3.8, 4) is 5.69 Å². The maximum Gasteiger partial charge on any atom is 0.348 e. The fraction of sp³-hybridized carbons (Fsp3) is 0.375. The Labute approximate surface area is 153 Å². The molecule has 0 radical (unpaired) electrons. The maximum atomic E-state index is 13.0. The summed E-state index contributed by atoms with van der Waals surface area (Å²) in [4.78, 5) is 37.1. The molecule has 3 heterocycles. The van der Waals surface area contributed by atoms with E-state index in [1.54, 1.807) is 18.3 Å². The summed E-state index contributed by atoms with van der Waals surface area (Å²) in [5.41, 5.74) is -1.24. The minimum Gasteiger partial charge on any atom is -0.478 e. The molecule has 0 bridgehead atoms. The molecule has 2 atom stereocenters. The number of carbonyl (C=O) groups excluding carboxylic acids is 2. The number of nitrogens with zero attached hydrogens (tertiary/aromatic N) is 5. The first-order chi connectivity index (χ1) is 12.8. The zero-order valence-electron chi connectivity index (χ0n) is 14.6. The van der Waals surface area contributed by atoms with Gasteiger partial charge in [-0.15, -0.1) is 5.10 Å². The molecule has 2 aromatic rings. The molecule has 27 heavy (non-hydrogen) atoms. The molecule has 142 valence electrons. The number of hydrogen-bond donors (Lipinski definition) is 1. The predicted molar refractivity (Wildman–Crippen MR) is 89.1 cm³/mol. The predicted octanol–water partition coefficient (Wildman–Crippen LogP) is -0.199. The highest BCUT2D eigenvalue weighted by atomic mass is 16.6. The summed E-state index contributed by atoms with van der Waals surface area (Å²) in [6, 6.07) is 3.29. The second kappa shape index (κ2) is 7.11. The van der Waals surface area contributed by atoms with E-state index >= 15 is 0 Å². The quantitative estimate of drug-likeness (QED) is 0.704. The standard InChI is InChI=1S/C16H17N5O6/c1-10(22)27-13(14(23)24)16(2)15(25)20(7-8-26-16)12-4-6-21(19-12)11-3-5-17-18-9-11/h3-6,9,13H,7-8H2,1-2H3,(H,23,24). The summed E-state index contributed by atoms with van der Waals surface area (Å²) in [6.07, 6.45) is 2.86. The molecule has 0 aliphatic carbocycles. The second-order valence-electron chi connectivity index (χ2n) is 5.96. The normalized spacial score (nSPS) is 21.0. The summed E-state index contributed by atoms with van der Waals surface area (Å²) in [5, 5.41) is 21.2. The average molecular weight is 375 g/mol. The van der Waals surface area contributed by atoms with Crippen molar-refractivity contribution in [2.45, 2.75) is 25.6 Å². The first kappa shape index (κ1) is 18.5. The van der Waals surface area contributed by atoms with Crippen LogP contribution in [0.5, 0.6) is 0 Å². The Balaban J connectivity index is 1.90. The van der Waals surface area contributed by atoms with Crippen LogP contribution in [-0.4, -0.2) is 67.8 Å². The van der Waals surface area contributed by atoms with Crippen molar-refractivity contribution in [2.24, 2.45) is 0 Å². The van der Waals surface area contributed by atoms with Gasteiger partial charge >= 0.3 is 11.9 Å². The third-order valence-corrected chi connectivity index (χ3v) is 4.08. The highest BCUT2D eigenvalue weighted by molar-refractivity contribution is 6.02. The van der Waals surface area contributed by atoms with Crippen molar-refractivity contribution in [1.29, 1.82) is 0 Å². The van der Waals surface area contributed by atoms with Crippen LogP contribution in [0.25, 0.3) is 5.69 Å². The Hall–Kier alpha value is -3.34. The van der Waals surface area contributed by atoms with Crippen LogP contribution >= 0.6 is 0 Å². The van der Waals surface area contributed by atoms with E-state index in [1.807, 2.05) is 0 Å². The Morgan fingerprint density at radius 2 is 2.15 bits per heavy atom. The van der Waals surface area contributed by atoms with E-state index in [0.29, 0.717) is 11.5 Å². The fourth-order valence-corrected chi connectivity index (χ4v) is 2.77. The number of ether oxygens (including phenoxy) is 2. The molecule has 2 unspecified atom stereocenters. The van der Waals surface area contributed by atoms with Gasteiger partial charge in [0.15, 0.2) is 11.4 Å². The maximum absolute atomic E-state index is 13.0. The molecule has 11 heteroatoms. The van der Waals surface area contributed by atoms with E-state index in [9.17, 15) is 19.5 Å². The van der Waals surface area contributed by atoms with E-state index in [1.165, 1.54) is 28.9 Å². The average Bonchev–Trinajstić information content (AvgIpc) is 3.12. The first-order valence-corrected chi connectivity index (χ1v) is 8.01. The molecule has 0 spiro atoms. The lowest BCUT2D eigenvalue weighted by Gasteiger charge is -2.40. The van der Waals surface area contributed by atoms with Crippen LogP contribution in [0.3, 0.4) is 0 Å². The van der Waals surface area contributed by atoms with E-state index in [-0.39, 0.29) is 13.2 Å². The molecule has 1 saturated heterocycles. The van der Waals surface area contributed by atoms with Crippen LogP contribution < -0.4 is 4.90 Å². The summed E-state index contributed by atoms with van der Waals surface area (Å²) < 4.78 is 11.8. The number of esters is 1. The van der Waals surface area contributed by atoms with Gasteiger partial charge in [0.1, 0.15) is 0 Å². The Morgan fingerprint density at radius 3 is 2.78 bits per heavy atom. The van der Waals surface area contributed by atoms with Crippen LogP contribution in [0.2, 0.25) is 0 Å². The van der Waals surface area contributed by atoms with Gasteiger partial charge in [-0.05, 0) is 13.0 Å². The highest BCUT2D eigenvalue weighted by Crippen LogP contribution is 2.29. The van der Waals surface area contributed by atoms with Gasteiger partial charge < -0.3 is 14.6 Å². The van der Waals surface area contributed by atoms with E-state index in [2.05, 4.69) is 15.3 Å². The van der Waals surface area contributed by atoms with Gasteiger partial charge in [-0.3, -0.25) is 14.5 Å².